The first-order valence-corrected chi connectivity index (χ1v) is 4.69. The maximum atomic E-state index is 6.00. The molecule has 2 heterocycles. The lowest BCUT2D eigenvalue weighted by molar-refractivity contribution is 0.836. The van der Waals surface area contributed by atoms with Crippen molar-refractivity contribution in [2.45, 2.75) is 19.8 Å². The second-order valence-corrected chi connectivity index (χ2v) is 3.84. The Morgan fingerprint density at radius 3 is 2.85 bits per heavy atom. The average molecular weight is 195 g/mol. The van der Waals surface area contributed by atoms with Crippen molar-refractivity contribution in [1.29, 1.82) is 0 Å². The van der Waals surface area contributed by atoms with Gasteiger partial charge in [-0.1, -0.05) is 25.4 Å². The molecule has 2 rings (SSSR count). The van der Waals surface area contributed by atoms with E-state index in [1.807, 2.05) is 6.07 Å². The number of H-pyrrole nitrogens is 1. The average Bonchev–Trinajstić information content (AvgIpc) is 2.49. The molecule has 2 nitrogen and oxygen atoms in total. The molecule has 0 amide bonds. The minimum Gasteiger partial charge on any atom is -0.356 e. The van der Waals surface area contributed by atoms with Gasteiger partial charge in [-0.25, -0.2) is 0 Å². The third kappa shape index (κ3) is 1.42. The number of hydrogen-bond donors (Lipinski definition) is 1. The van der Waals surface area contributed by atoms with Crippen molar-refractivity contribution in [3.63, 3.8) is 0 Å². The fourth-order valence-corrected chi connectivity index (χ4v) is 1.53. The Hall–Kier alpha value is -1.02. The highest BCUT2D eigenvalue weighted by atomic mass is 35.5. The van der Waals surface area contributed by atoms with E-state index in [4.69, 9.17) is 11.6 Å². The number of aromatic amines is 1. The van der Waals surface area contributed by atoms with E-state index in [0.717, 1.165) is 16.1 Å². The van der Waals surface area contributed by atoms with Crippen molar-refractivity contribution in [2.75, 3.05) is 0 Å². The maximum Gasteiger partial charge on any atom is 0.0897 e. The largest absolute Gasteiger partial charge is 0.356 e. The van der Waals surface area contributed by atoms with Crippen LogP contribution in [0.25, 0.3) is 11.0 Å². The summed E-state index contributed by atoms with van der Waals surface area (Å²) in [6, 6.07) is 3.84. The fraction of sp³-hybridized carbons (Fsp3) is 0.300. The molecule has 0 spiro atoms. The number of pyridine rings is 1. The Labute approximate surface area is 81.9 Å². The minimum absolute atomic E-state index is 0.477. The van der Waals surface area contributed by atoms with Crippen LogP contribution in [0.15, 0.2) is 18.3 Å². The van der Waals surface area contributed by atoms with Gasteiger partial charge >= 0.3 is 0 Å². The molecule has 3 heteroatoms. The smallest absolute Gasteiger partial charge is 0.0897 e. The monoisotopic (exact) mass is 194 g/mol. The van der Waals surface area contributed by atoms with Gasteiger partial charge in [0.25, 0.3) is 0 Å². The third-order valence-corrected chi connectivity index (χ3v) is 2.43. The summed E-state index contributed by atoms with van der Waals surface area (Å²) in [7, 11) is 0. The third-order valence-electron chi connectivity index (χ3n) is 2.11. The van der Waals surface area contributed by atoms with Crippen molar-refractivity contribution in [3.05, 3.63) is 29.0 Å². The number of rotatable bonds is 1. The second-order valence-electron chi connectivity index (χ2n) is 3.43. The maximum absolute atomic E-state index is 6.00. The molecule has 0 atom stereocenters. The van der Waals surface area contributed by atoms with Crippen molar-refractivity contribution < 1.29 is 0 Å². The predicted molar refractivity (Wildman–Crippen MR) is 55.2 cm³/mol. The summed E-state index contributed by atoms with van der Waals surface area (Å²) < 4.78 is 0. The Kier molecular flexibility index (Phi) is 2.00. The topological polar surface area (TPSA) is 28.7 Å². The van der Waals surface area contributed by atoms with Crippen LogP contribution in [-0.4, -0.2) is 9.97 Å². The van der Waals surface area contributed by atoms with E-state index >= 15 is 0 Å². The van der Waals surface area contributed by atoms with Crippen LogP contribution in [0.5, 0.6) is 0 Å². The first-order valence-electron chi connectivity index (χ1n) is 4.31. The summed E-state index contributed by atoms with van der Waals surface area (Å²) in [6.07, 6.45) is 1.72. The molecule has 0 saturated heterocycles. The molecule has 0 aromatic carbocycles. The Morgan fingerprint density at radius 2 is 2.23 bits per heavy atom. The number of fused-ring (bicyclic) bond motifs is 1. The number of halogens is 1. The van der Waals surface area contributed by atoms with Gasteiger partial charge in [0.1, 0.15) is 0 Å². The lowest BCUT2D eigenvalue weighted by atomic mass is 10.1. The van der Waals surface area contributed by atoms with E-state index in [1.54, 1.807) is 12.3 Å². The standard InChI is InChI=1S/C10H11ClN2/c1-6(2)8-5-9-10(13-8)7(11)3-4-12-9/h3-6,13H,1-2H3. The highest BCUT2D eigenvalue weighted by Gasteiger charge is 2.06. The zero-order valence-corrected chi connectivity index (χ0v) is 8.39. The summed E-state index contributed by atoms with van der Waals surface area (Å²) in [5, 5.41) is 0.733. The van der Waals surface area contributed by atoms with E-state index in [-0.39, 0.29) is 0 Å². The second kappa shape index (κ2) is 3.04. The zero-order valence-electron chi connectivity index (χ0n) is 7.63. The minimum atomic E-state index is 0.477. The first-order chi connectivity index (χ1) is 6.18. The Bertz CT molecular complexity index is 431. The predicted octanol–water partition coefficient (Wildman–Crippen LogP) is 3.34. The Morgan fingerprint density at radius 1 is 1.46 bits per heavy atom. The van der Waals surface area contributed by atoms with E-state index in [9.17, 15) is 0 Å². The van der Waals surface area contributed by atoms with Crippen molar-refractivity contribution in [2.24, 2.45) is 0 Å². The Balaban J connectivity index is 2.68. The van der Waals surface area contributed by atoms with Gasteiger partial charge in [0, 0.05) is 11.9 Å². The van der Waals surface area contributed by atoms with Crippen LogP contribution in [0.3, 0.4) is 0 Å². The molecule has 2 aromatic heterocycles. The van der Waals surface area contributed by atoms with Gasteiger partial charge in [-0.05, 0) is 18.1 Å². The normalized spacial score (nSPS) is 11.4. The number of aromatic nitrogens is 2. The van der Waals surface area contributed by atoms with Crippen molar-refractivity contribution in [3.8, 4) is 0 Å². The molecule has 68 valence electrons. The van der Waals surface area contributed by atoms with Crippen molar-refractivity contribution >= 4 is 22.6 Å². The molecular weight excluding hydrogens is 184 g/mol. The fourth-order valence-electron chi connectivity index (χ4n) is 1.33. The first kappa shape index (κ1) is 8.57. The molecule has 0 aliphatic carbocycles. The molecule has 0 radical (unpaired) electrons. The molecular formula is C10H11ClN2. The lowest BCUT2D eigenvalue weighted by Gasteiger charge is -1.97. The molecule has 0 aliphatic heterocycles. The molecule has 0 bridgehead atoms. The molecule has 2 aromatic rings. The molecule has 0 fully saturated rings. The van der Waals surface area contributed by atoms with Gasteiger partial charge in [0.2, 0.25) is 0 Å². The van der Waals surface area contributed by atoms with E-state index < -0.39 is 0 Å². The van der Waals surface area contributed by atoms with Crippen LogP contribution in [0.4, 0.5) is 0 Å². The summed E-state index contributed by atoms with van der Waals surface area (Å²) >= 11 is 6.00. The van der Waals surface area contributed by atoms with E-state index in [2.05, 4.69) is 23.8 Å². The molecule has 0 saturated carbocycles. The number of nitrogens with zero attached hydrogens (tertiary/aromatic N) is 1. The highest BCUT2D eigenvalue weighted by molar-refractivity contribution is 6.34. The van der Waals surface area contributed by atoms with Crippen LogP contribution in [0, 0.1) is 0 Å². The van der Waals surface area contributed by atoms with Crippen LogP contribution in [-0.2, 0) is 0 Å². The van der Waals surface area contributed by atoms with Crippen LogP contribution >= 0.6 is 11.6 Å². The van der Waals surface area contributed by atoms with Gasteiger partial charge in [0.15, 0.2) is 0 Å². The highest BCUT2D eigenvalue weighted by Crippen LogP contribution is 2.24. The lowest BCUT2D eigenvalue weighted by Crippen LogP contribution is -1.84. The SMILES string of the molecule is CC(C)c1cc2nccc(Cl)c2[nH]1. The number of hydrogen-bond acceptors (Lipinski definition) is 1. The van der Waals surface area contributed by atoms with Crippen LogP contribution < -0.4 is 0 Å². The quantitative estimate of drug-likeness (QED) is 0.741. The van der Waals surface area contributed by atoms with Gasteiger partial charge in [-0.3, -0.25) is 4.98 Å². The molecule has 1 N–H and O–H groups in total. The van der Waals surface area contributed by atoms with Crippen molar-refractivity contribution in [1.82, 2.24) is 9.97 Å². The summed E-state index contributed by atoms with van der Waals surface area (Å²) in [4.78, 5) is 7.50. The van der Waals surface area contributed by atoms with Gasteiger partial charge in [-0.15, -0.1) is 0 Å². The molecule has 13 heavy (non-hydrogen) atoms. The van der Waals surface area contributed by atoms with E-state index in [1.165, 1.54) is 5.69 Å². The van der Waals surface area contributed by atoms with Crippen LogP contribution in [0.1, 0.15) is 25.5 Å². The van der Waals surface area contributed by atoms with Crippen LogP contribution in [0.2, 0.25) is 5.02 Å². The number of nitrogens with one attached hydrogen (secondary N) is 1. The summed E-state index contributed by atoms with van der Waals surface area (Å²) in [5.41, 5.74) is 3.06. The van der Waals surface area contributed by atoms with Gasteiger partial charge in [0.05, 0.1) is 16.1 Å². The zero-order chi connectivity index (χ0) is 9.42. The van der Waals surface area contributed by atoms with Gasteiger partial charge in [-0.2, -0.15) is 0 Å². The molecule has 0 aliphatic rings. The summed E-state index contributed by atoms with van der Waals surface area (Å²) in [5.74, 6) is 0.477. The van der Waals surface area contributed by atoms with E-state index in [0.29, 0.717) is 5.92 Å². The van der Waals surface area contributed by atoms with Gasteiger partial charge < -0.3 is 4.98 Å². The molecule has 0 unspecified atom stereocenters. The summed E-state index contributed by atoms with van der Waals surface area (Å²) in [6.45, 7) is 4.28.